The van der Waals surface area contributed by atoms with E-state index in [1.165, 1.54) is 0 Å². The largest absolute Gasteiger partial charge is 0.493 e. The van der Waals surface area contributed by atoms with Crippen LogP contribution in [0.3, 0.4) is 0 Å². The number of H-pyrrole nitrogens is 1. The lowest BCUT2D eigenvalue weighted by Gasteiger charge is -2.01. The van der Waals surface area contributed by atoms with Crippen LogP contribution < -0.4 is 0 Å². The Bertz CT molecular complexity index is 736. The molecule has 2 heterocycles. The molecule has 2 N–H and O–H groups in total. The molecule has 0 radical (unpaired) electrons. The van der Waals surface area contributed by atoms with Gasteiger partial charge < -0.3 is 14.8 Å². The molecule has 21 heavy (non-hydrogen) atoms. The average molecular weight is 328 g/mol. The highest BCUT2D eigenvalue weighted by molar-refractivity contribution is 6.38. The van der Waals surface area contributed by atoms with Crippen LogP contribution >= 0.6 is 23.2 Å². The molecule has 6 nitrogen and oxygen atoms in total. The van der Waals surface area contributed by atoms with Crippen LogP contribution in [0.15, 0.2) is 22.4 Å². The fraction of sp³-hybridized carbons (Fsp3) is 0.308. The van der Waals surface area contributed by atoms with Crippen molar-refractivity contribution in [1.82, 2.24) is 4.98 Å². The number of nitrogens with one attached hydrogen (secondary N) is 1. The quantitative estimate of drug-likeness (QED) is 0.818. The van der Waals surface area contributed by atoms with E-state index < -0.39 is 12.0 Å². The van der Waals surface area contributed by atoms with Gasteiger partial charge in [0, 0.05) is 17.0 Å². The number of benzene rings is 1. The first kappa shape index (κ1) is 14.3. The second kappa shape index (κ2) is 5.63. The molecule has 110 valence electrons. The summed E-state index contributed by atoms with van der Waals surface area (Å²) in [6, 6.07) is 3.13. The number of hydrogen-bond donors (Lipinski definition) is 2. The third kappa shape index (κ3) is 2.74. The summed E-state index contributed by atoms with van der Waals surface area (Å²) in [7, 11) is 0. The Balaban J connectivity index is 1.96. The Morgan fingerprint density at radius 1 is 1.43 bits per heavy atom. The average Bonchev–Trinajstić information content (AvgIpc) is 3.05. The van der Waals surface area contributed by atoms with E-state index in [0.29, 0.717) is 34.0 Å². The van der Waals surface area contributed by atoms with E-state index in [9.17, 15) is 9.90 Å². The standard InChI is InChI=1S/C13H11Cl2N3O3/c14-6-4-7-10(8(15)5-6)16-13(20)11(7)17-18-12(19)9-2-1-3-21-9/h4-5,9,16,20H,1-3H2. The molecule has 8 heteroatoms. The van der Waals surface area contributed by atoms with E-state index in [0.717, 1.165) is 6.42 Å². The summed E-state index contributed by atoms with van der Waals surface area (Å²) in [4.78, 5) is 14.5. The van der Waals surface area contributed by atoms with Gasteiger partial charge in [-0.2, -0.15) is 0 Å². The van der Waals surface area contributed by atoms with E-state index in [4.69, 9.17) is 27.9 Å². The van der Waals surface area contributed by atoms with E-state index in [2.05, 4.69) is 15.2 Å². The fourth-order valence-electron chi connectivity index (χ4n) is 2.23. The predicted molar refractivity (Wildman–Crippen MR) is 78.5 cm³/mol. The van der Waals surface area contributed by atoms with E-state index >= 15 is 0 Å². The van der Waals surface area contributed by atoms with Crippen LogP contribution in [0.4, 0.5) is 5.69 Å². The number of aromatic nitrogens is 1. The summed E-state index contributed by atoms with van der Waals surface area (Å²) in [6.45, 7) is 0.551. The first-order chi connectivity index (χ1) is 10.1. The summed E-state index contributed by atoms with van der Waals surface area (Å²) >= 11 is 12.0. The smallest absolute Gasteiger partial charge is 0.293 e. The molecule has 1 aliphatic heterocycles. The molecule has 0 spiro atoms. The maximum atomic E-state index is 11.8. The molecule has 1 atom stereocenters. The van der Waals surface area contributed by atoms with E-state index in [-0.39, 0.29) is 11.6 Å². The van der Waals surface area contributed by atoms with Crippen molar-refractivity contribution < 1.29 is 14.6 Å². The second-order valence-corrected chi connectivity index (χ2v) is 5.52. The van der Waals surface area contributed by atoms with Crippen molar-refractivity contribution in [2.45, 2.75) is 18.9 Å². The molecule has 1 aromatic carbocycles. The van der Waals surface area contributed by atoms with Gasteiger partial charge in [-0.3, -0.25) is 4.79 Å². The highest BCUT2D eigenvalue weighted by Gasteiger charge is 2.24. The maximum Gasteiger partial charge on any atom is 0.293 e. The highest BCUT2D eigenvalue weighted by Crippen LogP contribution is 2.40. The Morgan fingerprint density at radius 3 is 2.95 bits per heavy atom. The summed E-state index contributed by atoms with van der Waals surface area (Å²) in [5, 5.41) is 18.5. The van der Waals surface area contributed by atoms with Crippen LogP contribution in [0.1, 0.15) is 12.8 Å². The molecular formula is C13H11Cl2N3O3. The number of ether oxygens (including phenoxy) is 1. The number of halogens is 2. The zero-order valence-electron chi connectivity index (χ0n) is 10.8. The number of amides is 1. The lowest BCUT2D eigenvalue weighted by molar-refractivity contribution is -0.126. The number of fused-ring (bicyclic) bond motifs is 1. The normalized spacial score (nSPS) is 18.9. The molecule has 1 amide bonds. The van der Waals surface area contributed by atoms with Gasteiger partial charge in [0.15, 0.2) is 5.69 Å². The number of rotatable bonds is 2. The number of nitrogens with zero attached hydrogens (tertiary/aromatic N) is 2. The molecular weight excluding hydrogens is 317 g/mol. The summed E-state index contributed by atoms with van der Waals surface area (Å²) < 4.78 is 5.22. The first-order valence-corrected chi connectivity index (χ1v) is 7.08. The van der Waals surface area contributed by atoms with Crippen LogP contribution in [0.5, 0.6) is 5.88 Å². The number of hydrogen-bond acceptors (Lipinski definition) is 4. The Labute approximate surface area is 129 Å². The molecule has 3 rings (SSSR count). The first-order valence-electron chi connectivity index (χ1n) is 6.33. The number of carbonyl (C=O) groups excluding carboxylic acids is 1. The summed E-state index contributed by atoms with van der Waals surface area (Å²) in [5.74, 6) is -0.688. The predicted octanol–water partition coefficient (Wildman–Crippen LogP) is 3.97. The fourth-order valence-corrected chi connectivity index (χ4v) is 2.77. The van der Waals surface area contributed by atoms with Gasteiger partial charge in [-0.05, 0) is 25.0 Å². The van der Waals surface area contributed by atoms with Crippen LogP contribution in [0.25, 0.3) is 10.9 Å². The van der Waals surface area contributed by atoms with Crippen molar-refractivity contribution in [2.24, 2.45) is 10.2 Å². The molecule has 0 aliphatic carbocycles. The molecule has 0 bridgehead atoms. The van der Waals surface area contributed by atoms with Gasteiger partial charge in [-0.1, -0.05) is 23.2 Å². The highest BCUT2D eigenvalue weighted by atomic mass is 35.5. The Morgan fingerprint density at radius 2 is 2.24 bits per heavy atom. The molecule has 1 saturated heterocycles. The Hall–Kier alpha value is -1.63. The summed E-state index contributed by atoms with van der Waals surface area (Å²) in [6.07, 6.45) is 0.915. The molecule has 1 aliphatic rings. The van der Waals surface area contributed by atoms with Crippen LogP contribution in [0.2, 0.25) is 10.0 Å². The SMILES string of the molecule is O=C(N=Nc1c(O)[nH]c2c(Cl)cc(Cl)cc12)C1CCCO1. The van der Waals surface area contributed by atoms with E-state index in [1.54, 1.807) is 12.1 Å². The topological polar surface area (TPSA) is 87.0 Å². The van der Waals surface area contributed by atoms with Crippen molar-refractivity contribution in [1.29, 1.82) is 0 Å². The van der Waals surface area contributed by atoms with Crippen LogP contribution in [-0.4, -0.2) is 28.7 Å². The third-order valence-corrected chi connectivity index (χ3v) is 3.75. The minimum absolute atomic E-state index is 0.126. The third-order valence-electron chi connectivity index (χ3n) is 3.23. The van der Waals surface area contributed by atoms with Gasteiger partial charge in [0.05, 0.1) is 10.5 Å². The monoisotopic (exact) mass is 327 g/mol. The Kier molecular flexibility index (Phi) is 3.84. The molecule has 0 saturated carbocycles. The molecule has 1 aromatic heterocycles. The van der Waals surface area contributed by atoms with Crippen molar-refractivity contribution in [3.63, 3.8) is 0 Å². The molecule has 2 aromatic rings. The van der Waals surface area contributed by atoms with E-state index in [1.807, 2.05) is 0 Å². The number of aromatic amines is 1. The van der Waals surface area contributed by atoms with Crippen molar-refractivity contribution in [3.8, 4) is 5.88 Å². The van der Waals surface area contributed by atoms with Gasteiger partial charge in [0.25, 0.3) is 5.91 Å². The lowest BCUT2D eigenvalue weighted by Crippen LogP contribution is -2.16. The zero-order valence-corrected chi connectivity index (χ0v) is 12.3. The van der Waals surface area contributed by atoms with Gasteiger partial charge in [0.2, 0.25) is 5.88 Å². The van der Waals surface area contributed by atoms with Crippen LogP contribution in [0, 0.1) is 0 Å². The molecule has 1 fully saturated rings. The van der Waals surface area contributed by atoms with Gasteiger partial charge >= 0.3 is 0 Å². The van der Waals surface area contributed by atoms with Crippen LogP contribution in [-0.2, 0) is 9.53 Å². The minimum atomic E-state index is -0.548. The lowest BCUT2D eigenvalue weighted by atomic mass is 10.2. The minimum Gasteiger partial charge on any atom is -0.493 e. The molecule has 1 unspecified atom stereocenters. The van der Waals surface area contributed by atoms with Gasteiger partial charge in [-0.25, -0.2) is 0 Å². The zero-order chi connectivity index (χ0) is 15.0. The van der Waals surface area contributed by atoms with Crippen molar-refractivity contribution in [2.75, 3.05) is 6.61 Å². The second-order valence-electron chi connectivity index (χ2n) is 4.67. The van der Waals surface area contributed by atoms with Crippen molar-refractivity contribution >= 4 is 45.7 Å². The number of azo groups is 1. The van der Waals surface area contributed by atoms with Gasteiger partial charge in [-0.15, -0.1) is 10.2 Å². The number of aromatic hydroxyl groups is 1. The number of carbonyl (C=O) groups is 1. The van der Waals surface area contributed by atoms with Crippen molar-refractivity contribution in [3.05, 3.63) is 22.2 Å². The summed E-state index contributed by atoms with van der Waals surface area (Å²) in [5.41, 5.74) is 0.609. The maximum absolute atomic E-state index is 11.8. The van der Waals surface area contributed by atoms with Gasteiger partial charge in [0.1, 0.15) is 6.10 Å².